The predicted molar refractivity (Wildman–Crippen MR) is 115 cm³/mol. The van der Waals surface area contributed by atoms with Crippen molar-refractivity contribution in [2.24, 2.45) is 0 Å². The fourth-order valence-corrected chi connectivity index (χ4v) is 5.69. The Hall–Kier alpha value is -1.64. The van der Waals surface area contributed by atoms with E-state index in [0.717, 1.165) is 22.4 Å². The van der Waals surface area contributed by atoms with Crippen LogP contribution in [0.2, 0.25) is 0 Å². The van der Waals surface area contributed by atoms with Crippen LogP contribution in [0.25, 0.3) is 30.5 Å². The van der Waals surface area contributed by atoms with Crippen LogP contribution in [0.4, 0.5) is 0 Å². The van der Waals surface area contributed by atoms with E-state index < -0.39 is 0 Å². The van der Waals surface area contributed by atoms with Gasteiger partial charge in [0.05, 0.1) is 34.4 Å². The zero-order valence-electron chi connectivity index (χ0n) is 15.2. The summed E-state index contributed by atoms with van der Waals surface area (Å²) in [5, 5.41) is 4.20. The monoisotopic (exact) mass is 416 g/mol. The molecule has 0 bridgehead atoms. The number of rotatable bonds is 8. The lowest BCUT2D eigenvalue weighted by Crippen LogP contribution is -2.06. The first-order valence-corrected chi connectivity index (χ1v) is 11.4. The summed E-state index contributed by atoms with van der Waals surface area (Å²) in [5.41, 5.74) is 3.65. The molecule has 0 unspecified atom stereocenters. The Balaban J connectivity index is 1.93. The molecule has 0 spiro atoms. The standard InChI is InChI=1S/C20H20N2O2S3/c1-3-23-11-13-14(12-24-4-2)22-18-17(21-13)19(15-7-5-9-25-15)27-20(18)16-8-6-10-26-16/h5-10H,3-4,11-12H2,1-2H3. The van der Waals surface area contributed by atoms with Gasteiger partial charge in [0.1, 0.15) is 11.0 Å². The van der Waals surface area contributed by atoms with Crippen LogP contribution < -0.4 is 0 Å². The maximum absolute atomic E-state index is 5.65. The van der Waals surface area contributed by atoms with Crippen molar-refractivity contribution in [1.29, 1.82) is 0 Å². The summed E-state index contributed by atoms with van der Waals surface area (Å²) >= 11 is 5.23. The number of nitrogens with zero attached hydrogens (tertiary/aromatic N) is 2. The van der Waals surface area contributed by atoms with Crippen molar-refractivity contribution in [3.63, 3.8) is 0 Å². The van der Waals surface area contributed by atoms with Gasteiger partial charge in [0, 0.05) is 23.0 Å². The summed E-state index contributed by atoms with van der Waals surface area (Å²) in [7, 11) is 0. The fraction of sp³-hybridized carbons (Fsp3) is 0.300. The van der Waals surface area contributed by atoms with E-state index in [-0.39, 0.29) is 0 Å². The molecule has 140 valence electrons. The smallest absolute Gasteiger partial charge is 0.109 e. The van der Waals surface area contributed by atoms with Gasteiger partial charge in [-0.1, -0.05) is 12.1 Å². The molecule has 0 aliphatic heterocycles. The van der Waals surface area contributed by atoms with Crippen molar-refractivity contribution in [3.05, 3.63) is 46.4 Å². The van der Waals surface area contributed by atoms with Crippen LogP contribution in [0, 0.1) is 0 Å². The average Bonchev–Trinajstić information content (AvgIpc) is 3.44. The summed E-state index contributed by atoms with van der Waals surface area (Å²) in [5.74, 6) is 0. The maximum atomic E-state index is 5.65. The molecule has 0 atom stereocenters. The van der Waals surface area contributed by atoms with Crippen LogP contribution in [0.15, 0.2) is 35.0 Å². The van der Waals surface area contributed by atoms with Crippen molar-refractivity contribution in [2.75, 3.05) is 13.2 Å². The molecule has 0 radical (unpaired) electrons. The normalized spacial score (nSPS) is 11.5. The Morgan fingerprint density at radius 1 is 0.778 bits per heavy atom. The van der Waals surface area contributed by atoms with Gasteiger partial charge < -0.3 is 9.47 Å². The third kappa shape index (κ3) is 3.83. The second-order valence-corrected chi connectivity index (χ2v) is 8.72. The van der Waals surface area contributed by atoms with Crippen LogP contribution in [-0.2, 0) is 22.7 Å². The highest BCUT2D eigenvalue weighted by Gasteiger charge is 2.21. The predicted octanol–water partition coefficient (Wildman–Crippen LogP) is 6.22. The van der Waals surface area contributed by atoms with Crippen molar-refractivity contribution in [3.8, 4) is 19.5 Å². The van der Waals surface area contributed by atoms with Crippen LogP contribution in [0.1, 0.15) is 25.2 Å². The molecule has 0 aromatic carbocycles. The highest BCUT2D eigenvalue weighted by Crippen LogP contribution is 2.45. The first-order valence-electron chi connectivity index (χ1n) is 8.87. The maximum Gasteiger partial charge on any atom is 0.109 e. The largest absolute Gasteiger partial charge is 0.375 e. The second kappa shape index (κ2) is 8.58. The Bertz CT molecular complexity index is 928. The molecule has 0 aliphatic carbocycles. The van der Waals surface area contributed by atoms with Gasteiger partial charge in [0.15, 0.2) is 0 Å². The van der Waals surface area contributed by atoms with Crippen molar-refractivity contribution < 1.29 is 9.47 Å². The van der Waals surface area contributed by atoms with Crippen molar-refractivity contribution in [2.45, 2.75) is 27.1 Å². The lowest BCUT2D eigenvalue weighted by molar-refractivity contribution is 0.115. The molecule has 0 saturated carbocycles. The molecule has 0 aliphatic rings. The second-order valence-electron chi connectivity index (χ2n) is 5.80. The summed E-state index contributed by atoms with van der Waals surface area (Å²) in [4.78, 5) is 14.8. The summed E-state index contributed by atoms with van der Waals surface area (Å²) in [6.45, 7) is 6.19. The molecule has 4 aromatic heterocycles. The molecule has 0 fully saturated rings. The molecular weight excluding hydrogens is 396 g/mol. The molecule has 7 heteroatoms. The highest BCUT2D eigenvalue weighted by molar-refractivity contribution is 7.27. The third-order valence-corrected chi connectivity index (χ3v) is 7.33. The zero-order valence-corrected chi connectivity index (χ0v) is 17.7. The molecule has 4 rings (SSSR count). The van der Waals surface area contributed by atoms with E-state index in [9.17, 15) is 0 Å². The van der Waals surface area contributed by atoms with Gasteiger partial charge in [0.25, 0.3) is 0 Å². The Morgan fingerprint density at radius 3 is 1.63 bits per heavy atom. The molecule has 0 N–H and O–H groups in total. The third-order valence-electron chi connectivity index (χ3n) is 4.06. The zero-order chi connectivity index (χ0) is 18.6. The van der Waals surface area contributed by atoms with E-state index in [0.29, 0.717) is 26.4 Å². The van der Waals surface area contributed by atoms with Gasteiger partial charge in [-0.25, -0.2) is 9.97 Å². The summed E-state index contributed by atoms with van der Waals surface area (Å²) in [6, 6.07) is 8.45. The molecule has 4 aromatic rings. The minimum Gasteiger partial charge on any atom is -0.375 e. The molecule has 0 amide bonds. The summed E-state index contributed by atoms with van der Waals surface area (Å²) < 4.78 is 11.3. The number of fused-ring (bicyclic) bond motifs is 1. The molecular formula is C20H20N2O2S3. The first kappa shape index (κ1) is 18.7. The number of ether oxygens (including phenoxy) is 2. The van der Waals surface area contributed by atoms with Crippen molar-refractivity contribution >= 4 is 45.0 Å². The van der Waals surface area contributed by atoms with E-state index in [2.05, 4.69) is 35.0 Å². The first-order chi connectivity index (χ1) is 13.3. The van der Waals surface area contributed by atoms with E-state index in [1.54, 1.807) is 34.0 Å². The van der Waals surface area contributed by atoms with Gasteiger partial charge in [-0.2, -0.15) is 0 Å². The quantitative estimate of drug-likeness (QED) is 0.342. The van der Waals surface area contributed by atoms with Crippen LogP contribution in [-0.4, -0.2) is 23.2 Å². The van der Waals surface area contributed by atoms with Gasteiger partial charge >= 0.3 is 0 Å². The number of hydrogen-bond acceptors (Lipinski definition) is 7. The molecule has 27 heavy (non-hydrogen) atoms. The lowest BCUT2D eigenvalue weighted by Gasteiger charge is -2.09. The topological polar surface area (TPSA) is 44.2 Å². The SMILES string of the molecule is CCOCc1nc2c(-c3cccs3)sc(-c3cccs3)c2nc1COCC. The lowest BCUT2D eigenvalue weighted by atomic mass is 10.2. The van der Waals surface area contributed by atoms with E-state index >= 15 is 0 Å². The molecule has 4 heterocycles. The van der Waals surface area contributed by atoms with Crippen LogP contribution in [0.5, 0.6) is 0 Å². The summed E-state index contributed by atoms with van der Waals surface area (Å²) in [6.07, 6.45) is 0. The van der Waals surface area contributed by atoms with E-state index in [4.69, 9.17) is 19.4 Å². The highest BCUT2D eigenvalue weighted by atomic mass is 32.1. The molecule has 4 nitrogen and oxygen atoms in total. The van der Waals surface area contributed by atoms with Crippen LogP contribution >= 0.6 is 34.0 Å². The fourth-order valence-electron chi connectivity index (χ4n) is 2.80. The van der Waals surface area contributed by atoms with Gasteiger partial charge in [-0.15, -0.1) is 34.0 Å². The number of aromatic nitrogens is 2. The Morgan fingerprint density at radius 2 is 1.26 bits per heavy atom. The van der Waals surface area contributed by atoms with Crippen LogP contribution in [0.3, 0.4) is 0 Å². The number of hydrogen-bond donors (Lipinski definition) is 0. The average molecular weight is 417 g/mol. The van der Waals surface area contributed by atoms with E-state index in [1.807, 2.05) is 13.8 Å². The molecule has 0 saturated heterocycles. The van der Waals surface area contributed by atoms with Gasteiger partial charge in [0.2, 0.25) is 0 Å². The minimum atomic E-state index is 0.454. The van der Waals surface area contributed by atoms with E-state index in [1.165, 1.54) is 19.5 Å². The minimum absolute atomic E-state index is 0.454. The van der Waals surface area contributed by atoms with Gasteiger partial charge in [-0.3, -0.25) is 0 Å². The van der Waals surface area contributed by atoms with Gasteiger partial charge in [-0.05, 0) is 36.7 Å². The van der Waals surface area contributed by atoms with Crippen molar-refractivity contribution in [1.82, 2.24) is 9.97 Å². The Labute approximate surface area is 170 Å². The Kier molecular flexibility index (Phi) is 5.95. The number of thiophene rings is 3.